The molecule has 0 unspecified atom stereocenters. The van der Waals surface area contributed by atoms with E-state index in [1.807, 2.05) is 48.5 Å². The largest absolute Gasteiger partial charge is 0.422 e. The van der Waals surface area contributed by atoms with Crippen molar-refractivity contribution in [1.82, 2.24) is 5.43 Å². The van der Waals surface area contributed by atoms with Gasteiger partial charge in [0, 0.05) is 9.13 Å². The van der Waals surface area contributed by atoms with Crippen LogP contribution in [-0.4, -0.2) is 18.1 Å². The first-order valence-electron chi connectivity index (χ1n) is 9.50. The molecule has 0 fully saturated rings. The molecule has 152 valence electrons. The van der Waals surface area contributed by atoms with E-state index in [9.17, 15) is 9.59 Å². The van der Waals surface area contributed by atoms with Crippen molar-refractivity contribution in [3.05, 3.63) is 111 Å². The van der Waals surface area contributed by atoms with Crippen LogP contribution < -0.4 is 10.2 Å². The summed E-state index contributed by atoms with van der Waals surface area (Å²) in [6.45, 7) is 0. The first-order valence-corrected chi connectivity index (χ1v) is 10.6. The number of carbonyl (C=O) groups is 2. The molecule has 6 heteroatoms. The molecule has 0 saturated carbocycles. The predicted octanol–water partition coefficient (Wildman–Crippen LogP) is 5.43. The van der Waals surface area contributed by atoms with E-state index in [4.69, 9.17) is 4.74 Å². The standard InChI is InChI=1S/C25H17IN2O3/c26-22-13-7-6-12-20(22)24(29)28-27-16-21-19-11-5-4-8-17(19)14-15-23(21)31-25(30)18-9-2-1-3-10-18/h1-16H,(H,28,29). The number of fused-ring (bicyclic) bond motifs is 1. The minimum atomic E-state index is -0.464. The summed E-state index contributed by atoms with van der Waals surface area (Å²) in [6, 6.07) is 27.3. The van der Waals surface area contributed by atoms with Crippen LogP contribution in [0, 0.1) is 3.57 Å². The molecule has 5 nitrogen and oxygen atoms in total. The Morgan fingerprint density at radius 2 is 1.55 bits per heavy atom. The van der Waals surface area contributed by atoms with Gasteiger partial charge < -0.3 is 4.74 Å². The fourth-order valence-corrected chi connectivity index (χ4v) is 3.72. The maximum Gasteiger partial charge on any atom is 0.343 e. The number of amides is 1. The molecule has 0 heterocycles. The number of hydrazone groups is 1. The van der Waals surface area contributed by atoms with E-state index in [-0.39, 0.29) is 5.91 Å². The Morgan fingerprint density at radius 1 is 0.839 bits per heavy atom. The molecule has 0 radical (unpaired) electrons. The Kier molecular flexibility index (Phi) is 6.37. The maximum atomic E-state index is 12.6. The van der Waals surface area contributed by atoms with E-state index in [0.29, 0.717) is 22.4 Å². The van der Waals surface area contributed by atoms with Crippen LogP contribution in [0.15, 0.2) is 96.1 Å². The van der Waals surface area contributed by atoms with Gasteiger partial charge in [0.2, 0.25) is 0 Å². The van der Waals surface area contributed by atoms with Gasteiger partial charge in [-0.25, -0.2) is 10.2 Å². The number of nitrogens with one attached hydrogen (secondary N) is 1. The van der Waals surface area contributed by atoms with Gasteiger partial charge in [0.25, 0.3) is 5.91 Å². The fraction of sp³-hybridized carbons (Fsp3) is 0. The van der Waals surface area contributed by atoms with Crippen molar-refractivity contribution >= 4 is 51.5 Å². The molecule has 0 atom stereocenters. The second-order valence-corrected chi connectivity index (χ2v) is 7.80. The normalized spacial score (nSPS) is 10.9. The number of rotatable bonds is 5. The molecule has 4 aromatic rings. The Hall–Kier alpha value is -3.52. The molecule has 4 aromatic carbocycles. The van der Waals surface area contributed by atoms with Gasteiger partial charge in [0.05, 0.1) is 17.3 Å². The van der Waals surface area contributed by atoms with Crippen LogP contribution in [0.5, 0.6) is 5.75 Å². The lowest BCUT2D eigenvalue weighted by Crippen LogP contribution is -2.19. The van der Waals surface area contributed by atoms with Gasteiger partial charge in [-0.3, -0.25) is 4.79 Å². The average Bonchev–Trinajstić information content (AvgIpc) is 2.81. The van der Waals surface area contributed by atoms with Crippen molar-refractivity contribution in [1.29, 1.82) is 0 Å². The Bertz CT molecular complexity index is 1290. The first-order chi connectivity index (χ1) is 15.1. The molecule has 0 bridgehead atoms. The van der Waals surface area contributed by atoms with Gasteiger partial charge in [-0.1, -0.05) is 60.7 Å². The van der Waals surface area contributed by atoms with Crippen LogP contribution in [0.2, 0.25) is 0 Å². The second kappa shape index (κ2) is 9.53. The molecule has 0 aliphatic carbocycles. The van der Waals surface area contributed by atoms with Crippen molar-refractivity contribution in [3.63, 3.8) is 0 Å². The lowest BCUT2D eigenvalue weighted by Gasteiger charge is -2.10. The van der Waals surface area contributed by atoms with Crippen molar-refractivity contribution in [2.75, 3.05) is 0 Å². The molecule has 0 aromatic heterocycles. The number of halogens is 1. The first kappa shape index (κ1) is 20.7. The molecule has 4 rings (SSSR count). The van der Waals surface area contributed by atoms with Crippen LogP contribution >= 0.6 is 22.6 Å². The number of carbonyl (C=O) groups excluding carboxylic acids is 2. The van der Waals surface area contributed by atoms with Gasteiger partial charge in [-0.15, -0.1) is 0 Å². The van der Waals surface area contributed by atoms with Gasteiger partial charge in [-0.05, 0) is 63.7 Å². The molecule has 0 saturated heterocycles. The van der Waals surface area contributed by atoms with Crippen molar-refractivity contribution in [3.8, 4) is 5.75 Å². The molecule has 31 heavy (non-hydrogen) atoms. The van der Waals surface area contributed by atoms with Crippen molar-refractivity contribution < 1.29 is 14.3 Å². The van der Waals surface area contributed by atoms with Crippen LogP contribution in [0.25, 0.3) is 10.8 Å². The molecular formula is C25H17IN2O3. The number of esters is 1. The van der Waals surface area contributed by atoms with E-state index in [1.54, 1.807) is 42.5 Å². The van der Waals surface area contributed by atoms with Crippen molar-refractivity contribution in [2.24, 2.45) is 5.10 Å². The van der Waals surface area contributed by atoms with Crippen LogP contribution in [-0.2, 0) is 0 Å². The molecule has 0 aliphatic heterocycles. The summed E-state index contributed by atoms with van der Waals surface area (Å²) in [4.78, 5) is 25.0. The van der Waals surface area contributed by atoms with Crippen LogP contribution in [0.4, 0.5) is 0 Å². The number of hydrogen-bond donors (Lipinski definition) is 1. The third kappa shape index (κ3) is 4.80. The fourth-order valence-electron chi connectivity index (χ4n) is 3.09. The third-order valence-electron chi connectivity index (χ3n) is 4.62. The predicted molar refractivity (Wildman–Crippen MR) is 130 cm³/mol. The molecule has 0 aliphatic rings. The smallest absolute Gasteiger partial charge is 0.343 e. The summed E-state index contributed by atoms with van der Waals surface area (Å²) < 4.78 is 6.49. The quantitative estimate of drug-likeness (QED) is 0.126. The lowest BCUT2D eigenvalue weighted by atomic mass is 10.0. The van der Waals surface area contributed by atoms with Gasteiger partial charge in [0.15, 0.2) is 0 Å². The summed E-state index contributed by atoms with van der Waals surface area (Å²) in [7, 11) is 0. The SMILES string of the molecule is O=C(Oc1ccc2ccccc2c1C=NNC(=O)c1ccccc1I)c1ccccc1. The lowest BCUT2D eigenvalue weighted by molar-refractivity contribution is 0.0734. The van der Waals surface area contributed by atoms with E-state index in [2.05, 4.69) is 33.1 Å². The highest BCUT2D eigenvalue weighted by Crippen LogP contribution is 2.27. The molecule has 1 N–H and O–H groups in total. The third-order valence-corrected chi connectivity index (χ3v) is 5.56. The Labute approximate surface area is 192 Å². The highest BCUT2D eigenvalue weighted by atomic mass is 127. The van der Waals surface area contributed by atoms with Gasteiger partial charge in [-0.2, -0.15) is 5.10 Å². The zero-order valence-corrected chi connectivity index (χ0v) is 18.4. The number of nitrogens with zero attached hydrogens (tertiary/aromatic N) is 1. The van der Waals surface area contributed by atoms with Gasteiger partial charge in [0.1, 0.15) is 5.75 Å². The number of hydrogen-bond acceptors (Lipinski definition) is 4. The van der Waals surface area contributed by atoms with Crippen LogP contribution in [0.3, 0.4) is 0 Å². The average molecular weight is 520 g/mol. The number of ether oxygens (including phenoxy) is 1. The number of benzene rings is 4. The summed E-state index contributed by atoms with van der Waals surface area (Å²) in [5.74, 6) is -0.419. The van der Waals surface area contributed by atoms with E-state index in [1.165, 1.54) is 6.21 Å². The monoisotopic (exact) mass is 520 g/mol. The van der Waals surface area contributed by atoms with Gasteiger partial charge >= 0.3 is 5.97 Å². The maximum absolute atomic E-state index is 12.6. The van der Waals surface area contributed by atoms with Crippen molar-refractivity contribution in [2.45, 2.75) is 0 Å². The second-order valence-electron chi connectivity index (χ2n) is 6.63. The zero-order valence-electron chi connectivity index (χ0n) is 16.3. The van der Waals surface area contributed by atoms with E-state index in [0.717, 1.165) is 14.3 Å². The van der Waals surface area contributed by atoms with E-state index >= 15 is 0 Å². The Balaban J connectivity index is 1.64. The summed E-state index contributed by atoms with van der Waals surface area (Å²) in [5.41, 5.74) is 4.14. The minimum Gasteiger partial charge on any atom is -0.422 e. The Morgan fingerprint density at radius 3 is 2.35 bits per heavy atom. The molecular weight excluding hydrogens is 503 g/mol. The zero-order chi connectivity index (χ0) is 21.6. The summed E-state index contributed by atoms with van der Waals surface area (Å²) in [5, 5.41) is 5.95. The molecule has 1 amide bonds. The van der Waals surface area contributed by atoms with E-state index < -0.39 is 5.97 Å². The highest BCUT2D eigenvalue weighted by molar-refractivity contribution is 14.1. The summed E-state index contributed by atoms with van der Waals surface area (Å²) >= 11 is 2.10. The highest BCUT2D eigenvalue weighted by Gasteiger charge is 2.14. The minimum absolute atomic E-state index is 0.315. The molecule has 0 spiro atoms. The van der Waals surface area contributed by atoms with Crippen LogP contribution in [0.1, 0.15) is 26.3 Å². The topological polar surface area (TPSA) is 67.8 Å². The summed E-state index contributed by atoms with van der Waals surface area (Å²) in [6.07, 6.45) is 1.50.